The molecule has 2 aromatic heterocycles. The van der Waals surface area contributed by atoms with Crippen LogP contribution < -0.4 is 10.1 Å². The van der Waals surface area contributed by atoms with Crippen molar-refractivity contribution in [2.24, 2.45) is 5.92 Å². The number of likely N-dealkylation sites (N-methyl/N-ethyl adjacent to an activating group) is 1. The summed E-state index contributed by atoms with van der Waals surface area (Å²) in [4.78, 5) is 47.8. The Hall–Kier alpha value is -4.01. The van der Waals surface area contributed by atoms with Crippen molar-refractivity contribution < 1.29 is 38.2 Å². The number of hydrogen-bond donors (Lipinski definition) is 2. The van der Waals surface area contributed by atoms with E-state index in [0.717, 1.165) is 21.7 Å². The molecule has 1 aliphatic heterocycles. The number of thiazole rings is 1. The van der Waals surface area contributed by atoms with Gasteiger partial charge in [0.25, 0.3) is 0 Å². The number of amides is 3. The topological polar surface area (TPSA) is 157 Å². The SMILES string of the molecule is Cc1cc(C(C(=O)N2C[C@H](O)C[C@H]2C(=O)NCc2ccc(-c3scnc3C)cc2OCCOCCN(C)C(=O)OC(C)(C)C)C(C)C)on1. The van der Waals surface area contributed by atoms with Gasteiger partial charge in [0.2, 0.25) is 11.8 Å². The normalized spacial score (nSPS) is 16.9. The highest BCUT2D eigenvalue weighted by Gasteiger charge is 2.43. The monoisotopic (exact) mass is 699 g/mol. The lowest BCUT2D eigenvalue weighted by Crippen LogP contribution is -2.48. The second-order valence-corrected chi connectivity index (χ2v) is 14.5. The zero-order chi connectivity index (χ0) is 35.9. The third-order valence-corrected chi connectivity index (χ3v) is 9.02. The molecule has 49 heavy (non-hydrogen) atoms. The van der Waals surface area contributed by atoms with Crippen molar-refractivity contribution in [3.05, 3.63) is 52.5 Å². The molecule has 0 saturated carbocycles. The largest absolute Gasteiger partial charge is 0.491 e. The summed E-state index contributed by atoms with van der Waals surface area (Å²) in [5, 5.41) is 17.4. The fourth-order valence-electron chi connectivity index (χ4n) is 5.55. The molecule has 3 aromatic rings. The van der Waals surface area contributed by atoms with E-state index in [4.69, 9.17) is 18.7 Å². The molecular formula is C35H49N5O8S. The Morgan fingerprint density at radius 1 is 1.16 bits per heavy atom. The van der Waals surface area contributed by atoms with Crippen LogP contribution >= 0.6 is 11.3 Å². The minimum atomic E-state index is -0.844. The summed E-state index contributed by atoms with van der Waals surface area (Å²) in [6.07, 6.45) is -1.11. The van der Waals surface area contributed by atoms with E-state index in [1.54, 1.807) is 25.5 Å². The molecule has 2 N–H and O–H groups in total. The third-order valence-electron chi connectivity index (χ3n) is 8.04. The number of carbonyl (C=O) groups excluding carboxylic acids is 3. The smallest absolute Gasteiger partial charge is 0.410 e. The maximum absolute atomic E-state index is 13.8. The second kappa shape index (κ2) is 16.6. The Morgan fingerprint density at radius 2 is 1.92 bits per heavy atom. The number of aryl methyl sites for hydroxylation is 2. The number of rotatable bonds is 14. The molecule has 1 aromatic carbocycles. The van der Waals surface area contributed by atoms with Crippen molar-refractivity contribution >= 4 is 29.2 Å². The van der Waals surface area contributed by atoms with Gasteiger partial charge in [0.1, 0.15) is 35.7 Å². The molecule has 0 spiro atoms. The zero-order valence-corrected chi connectivity index (χ0v) is 30.5. The maximum atomic E-state index is 13.8. The van der Waals surface area contributed by atoms with E-state index >= 15 is 0 Å². The summed E-state index contributed by atoms with van der Waals surface area (Å²) < 4.78 is 22.7. The fraction of sp³-hybridized carbons (Fsp3) is 0.571. The average Bonchev–Trinajstić information content (AvgIpc) is 3.76. The molecule has 1 saturated heterocycles. The number of likely N-dealkylation sites (tertiary alicyclic amines) is 1. The number of aliphatic hydroxyl groups excluding tert-OH is 1. The lowest BCUT2D eigenvalue weighted by Gasteiger charge is -2.28. The van der Waals surface area contributed by atoms with Crippen LogP contribution in [0.25, 0.3) is 10.4 Å². The zero-order valence-electron chi connectivity index (χ0n) is 29.6. The van der Waals surface area contributed by atoms with Crippen LogP contribution in [0.4, 0.5) is 4.79 Å². The van der Waals surface area contributed by atoms with Crippen LogP contribution in [-0.4, -0.2) is 101 Å². The van der Waals surface area contributed by atoms with Crippen LogP contribution in [0, 0.1) is 19.8 Å². The Bertz CT molecular complexity index is 1580. The number of benzene rings is 1. The van der Waals surface area contributed by atoms with Crippen LogP contribution in [0.2, 0.25) is 0 Å². The third kappa shape index (κ3) is 10.2. The molecule has 3 heterocycles. The van der Waals surface area contributed by atoms with E-state index in [1.807, 2.05) is 59.7 Å². The van der Waals surface area contributed by atoms with Gasteiger partial charge in [0, 0.05) is 44.7 Å². The summed E-state index contributed by atoms with van der Waals surface area (Å²) in [6.45, 7) is 14.4. The standard InChI is InChI=1S/C35H49N5O8S/c1-21(2)30(29-15-22(3)38-48-29)33(43)40-19-26(41)17-27(40)32(42)36-18-25-10-9-24(31-23(4)37-20-49-31)16-28(25)46-14-13-45-12-11-39(8)34(44)47-35(5,6)7/h9-10,15-16,20-21,26-27,30,41H,11-14,17-19H2,1-8H3,(H,36,42)/t26-,27+,30?/m1/s1. The molecule has 268 valence electrons. The number of hydrogen-bond acceptors (Lipinski definition) is 11. The van der Waals surface area contributed by atoms with Gasteiger partial charge in [-0.25, -0.2) is 9.78 Å². The van der Waals surface area contributed by atoms with Crippen molar-refractivity contribution in [2.75, 3.05) is 40.0 Å². The minimum absolute atomic E-state index is 0.0537. The van der Waals surface area contributed by atoms with Gasteiger partial charge in [-0.3, -0.25) is 9.59 Å². The van der Waals surface area contributed by atoms with Gasteiger partial charge >= 0.3 is 6.09 Å². The van der Waals surface area contributed by atoms with E-state index in [0.29, 0.717) is 30.4 Å². The lowest BCUT2D eigenvalue weighted by atomic mass is 9.91. The summed E-state index contributed by atoms with van der Waals surface area (Å²) >= 11 is 1.53. The summed E-state index contributed by atoms with van der Waals surface area (Å²) in [6, 6.07) is 6.66. The Labute approximate surface area is 291 Å². The van der Waals surface area contributed by atoms with Crippen LogP contribution in [0.1, 0.15) is 69.7 Å². The molecule has 13 nitrogen and oxygen atoms in total. The molecule has 0 radical (unpaired) electrons. The molecule has 4 rings (SSSR count). The molecule has 0 bridgehead atoms. The van der Waals surface area contributed by atoms with Gasteiger partial charge in [0.15, 0.2) is 0 Å². The minimum Gasteiger partial charge on any atom is -0.491 e. The number of aromatic nitrogens is 2. The highest BCUT2D eigenvalue weighted by atomic mass is 32.1. The van der Waals surface area contributed by atoms with Crippen molar-refractivity contribution in [3.63, 3.8) is 0 Å². The Balaban J connectivity index is 1.40. The van der Waals surface area contributed by atoms with Crippen LogP contribution in [0.3, 0.4) is 0 Å². The molecule has 1 aliphatic rings. The van der Waals surface area contributed by atoms with Gasteiger partial charge in [-0.2, -0.15) is 0 Å². The number of β-amino-alcohol motifs (C(OH)–C–C–N with tert-alkyl or cyclic N) is 1. The van der Waals surface area contributed by atoms with Crippen molar-refractivity contribution in [2.45, 2.75) is 85.1 Å². The van der Waals surface area contributed by atoms with E-state index < -0.39 is 29.8 Å². The predicted octanol–water partition coefficient (Wildman–Crippen LogP) is 4.70. The molecule has 3 amide bonds. The average molecular weight is 700 g/mol. The summed E-state index contributed by atoms with van der Waals surface area (Å²) in [7, 11) is 1.66. The molecule has 0 aliphatic carbocycles. The first-order valence-electron chi connectivity index (χ1n) is 16.5. The first kappa shape index (κ1) is 37.8. The lowest BCUT2D eigenvalue weighted by molar-refractivity contribution is -0.141. The van der Waals surface area contributed by atoms with Crippen molar-refractivity contribution in [1.82, 2.24) is 25.3 Å². The van der Waals surface area contributed by atoms with Crippen molar-refractivity contribution in [1.29, 1.82) is 0 Å². The number of ether oxygens (including phenoxy) is 3. The molecular weight excluding hydrogens is 650 g/mol. The first-order valence-corrected chi connectivity index (χ1v) is 17.4. The maximum Gasteiger partial charge on any atom is 0.410 e. The second-order valence-electron chi connectivity index (χ2n) is 13.7. The van der Waals surface area contributed by atoms with E-state index in [1.165, 1.54) is 21.1 Å². The molecule has 14 heteroatoms. The molecule has 3 atom stereocenters. The highest BCUT2D eigenvalue weighted by molar-refractivity contribution is 7.13. The predicted molar refractivity (Wildman–Crippen MR) is 184 cm³/mol. The van der Waals surface area contributed by atoms with Gasteiger partial charge in [0.05, 0.1) is 41.1 Å². The fourth-order valence-corrected chi connectivity index (χ4v) is 6.35. The van der Waals surface area contributed by atoms with Crippen LogP contribution in [-0.2, 0) is 25.6 Å². The van der Waals surface area contributed by atoms with Gasteiger partial charge in [-0.05, 0) is 52.2 Å². The van der Waals surface area contributed by atoms with Gasteiger partial charge < -0.3 is 39.0 Å². The first-order chi connectivity index (χ1) is 23.1. The van der Waals surface area contributed by atoms with Crippen LogP contribution in [0.5, 0.6) is 5.75 Å². The summed E-state index contributed by atoms with van der Waals surface area (Å²) in [5.74, 6) is -0.392. The number of carbonyl (C=O) groups is 3. The van der Waals surface area contributed by atoms with Gasteiger partial charge in [-0.15, -0.1) is 11.3 Å². The highest BCUT2D eigenvalue weighted by Crippen LogP contribution is 2.33. The van der Waals surface area contributed by atoms with E-state index in [-0.39, 0.29) is 50.5 Å². The molecule has 1 unspecified atom stereocenters. The number of aliphatic hydroxyl groups is 1. The Kier molecular flexibility index (Phi) is 12.8. The van der Waals surface area contributed by atoms with Crippen LogP contribution in [0.15, 0.2) is 34.3 Å². The van der Waals surface area contributed by atoms with Gasteiger partial charge in [-0.1, -0.05) is 31.1 Å². The number of nitrogens with one attached hydrogen (secondary N) is 1. The van der Waals surface area contributed by atoms with E-state index in [2.05, 4.69) is 15.5 Å². The number of nitrogens with zero attached hydrogens (tertiary/aromatic N) is 4. The Morgan fingerprint density at radius 3 is 2.55 bits per heavy atom. The van der Waals surface area contributed by atoms with Crippen molar-refractivity contribution in [3.8, 4) is 16.2 Å². The van der Waals surface area contributed by atoms with E-state index in [9.17, 15) is 19.5 Å². The molecule has 1 fully saturated rings. The quantitative estimate of drug-likeness (QED) is 0.226. The summed E-state index contributed by atoms with van der Waals surface area (Å²) in [5.41, 5.74) is 4.45.